The molecule has 0 aliphatic heterocycles. The second-order valence-electron chi connectivity index (χ2n) is 4.39. The number of ether oxygens (including phenoxy) is 1. The molecule has 1 rings (SSSR count). The maximum Gasteiger partial charge on any atom is 0.316 e. The first-order valence-electron chi connectivity index (χ1n) is 4.64. The largest absolute Gasteiger partial charge is 0.395 e. The minimum absolute atomic E-state index is 0.0416. The summed E-state index contributed by atoms with van der Waals surface area (Å²) in [6, 6.07) is 0. The zero-order chi connectivity index (χ0) is 10.1. The SMILES string of the molecule is CC1CCC(C(=O)OC=O)C1(C)C. The van der Waals surface area contributed by atoms with Crippen LogP contribution in [0.3, 0.4) is 0 Å². The van der Waals surface area contributed by atoms with Gasteiger partial charge < -0.3 is 4.74 Å². The number of carbonyl (C=O) groups is 2. The van der Waals surface area contributed by atoms with Crippen LogP contribution in [-0.2, 0) is 14.3 Å². The topological polar surface area (TPSA) is 43.4 Å². The Hall–Kier alpha value is -0.860. The Bertz CT molecular complexity index is 220. The third kappa shape index (κ3) is 1.74. The van der Waals surface area contributed by atoms with Gasteiger partial charge in [-0.05, 0) is 24.2 Å². The van der Waals surface area contributed by atoms with Crippen LogP contribution in [-0.4, -0.2) is 12.4 Å². The molecule has 0 bridgehead atoms. The summed E-state index contributed by atoms with van der Waals surface area (Å²) in [6.45, 7) is 6.47. The average Bonchev–Trinajstić information content (AvgIpc) is 2.28. The zero-order valence-corrected chi connectivity index (χ0v) is 8.37. The third-order valence-electron chi connectivity index (χ3n) is 3.51. The van der Waals surface area contributed by atoms with Crippen LogP contribution in [0.4, 0.5) is 0 Å². The molecule has 1 aliphatic rings. The van der Waals surface area contributed by atoms with Crippen molar-refractivity contribution in [3.8, 4) is 0 Å². The van der Waals surface area contributed by atoms with Crippen molar-refractivity contribution in [3.63, 3.8) is 0 Å². The first-order valence-corrected chi connectivity index (χ1v) is 4.64. The molecule has 0 saturated heterocycles. The second kappa shape index (κ2) is 3.48. The maximum atomic E-state index is 11.4. The molecule has 0 N–H and O–H groups in total. The average molecular weight is 184 g/mol. The first kappa shape index (κ1) is 10.2. The van der Waals surface area contributed by atoms with Gasteiger partial charge in [0.2, 0.25) is 0 Å². The van der Waals surface area contributed by atoms with Crippen LogP contribution < -0.4 is 0 Å². The summed E-state index contributed by atoms with van der Waals surface area (Å²) in [5.41, 5.74) is -0.0416. The van der Waals surface area contributed by atoms with E-state index in [1.54, 1.807) is 0 Å². The molecule has 0 spiro atoms. The van der Waals surface area contributed by atoms with Crippen molar-refractivity contribution in [2.24, 2.45) is 17.3 Å². The molecule has 0 aromatic heterocycles. The van der Waals surface area contributed by atoms with Crippen molar-refractivity contribution < 1.29 is 14.3 Å². The van der Waals surface area contributed by atoms with Gasteiger partial charge in [-0.2, -0.15) is 0 Å². The number of hydrogen-bond acceptors (Lipinski definition) is 3. The molecular formula is C10H16O3. The van der Waals surface area contributed by atoms with Crippen molar-refractivity contribution in [1.82, 2.24) is 0 Å². The van der Waals surface area contributed by atoms with Crippen LogP contribution in [0.2, 0.25) is 0 Å². The van der Waals surface area contributed by atoms with Gasteiger partial charge in [-0.25, -0.2) is 0 Å². The predicted molar refractivity (Wildman–Crippen MR) is 47.8 cm³/mol. The van der Waals surface area contributed by atoms with E-state index in [2.05, 4.69) is 25.5 Å². The molecule has 1 saturated carbocycles. The van der Waals surface area contributed by atoms with Crippen LogP contribution in [0.25, 0.3) is 0 Å². The van der Waals surface area contributed by atoms with Crippen molar-refractivity contribution in [3.05, 3.63) is 0 Å². The van der Waals surface area contributed by atoms with E-state index in [4.69, 9.17) is 0 Å². The van der Waals surface area contributed by atoms with Crippen molar-refractivity contribution in [1.29, 1.82) is 0 Å². The van der Waals surface area contributed by atoms with Crippen molar-refractivity contribution >= 4 is 12.4 Å². The van der Waals surface area contributed by atoms with E-state index in [0.717, 1.165) is 12.8 Å². The van der Waals surface area contributed by atoms with Gasteiger partial charge in [-0.15, -0.1) is 0 Å². The van der Waals surface area contributed by atoms with Crippen LogP contribution >= 0.6 is 0 Å². The molecule has 0 aromatic carbocycles. The van der Waals surface area contributed by atoms with Gasteiger partial charge in [0.05, 0.1) is 5.92 Å². The molecule has 2 unspecified atom stereocenters. The lowest BCUT2D eigenvalue weighted by Gasteiger charge is -2.28. The van der Waals surface area contributed by atoms with Crippen LogP contribution in [0.5, 0.6) is 0 Å². The molecule has 0 amide bonds. The minimum atomic E-state index is -0.371. The summed E-state index contributed by atoms with van der Waals surface area (Å²) in [5, 5.41) is 0. The van der Waals surface area contributed by atoms with Gasteiger partial charge in [0.15, 0.2) is 0 Å². The normalized spacial score (nSPS) is 31.3. The highest BCUT2D eigenvalue weighted by Crippen LogP contribution is 2.47. The quantitative estimate of drug-likeness (QED) is 0.373. The van der Waals surface area contributed by atoms with E-state index in [1.807, 2.05) is 0 Å². The van der Waals surface area contributed by atoms with E-state index < -0.39 is 0 Å². The highest BCUT2D eigenvalue weighted by Gasteiger charge is 2.45. The van der Waals surface area contributed by atoms with E-state index >= 15 is 0 Å². The lowest BCUT2D eigenvalue weighted by Crippen LogP contribution is -2.30. The Morgan fingerprint density at radius 3 is 2.46 bits per heavy atom. The van der Waals surface area contributed by atoms with Gasteiger partial charge in [-0.3, -0.25) is 9.59 Å². The number of esters is 1. The van der Waals surface area contributed by atoms with Crippen LogP contribution in [0.15, 0.2) is 0 Å². The van der Waals surface area contributed by atoms with E-state index in [-0.39, 0.29) is 23.8 Å². The molecule has 74 valence electrons. The lowest BCUT2D eigenvalue weighted by molar-refractivity contribution is -0.157. The summed E-state index contributed by atoms with van der Waals surface area (Å²) in [6.07, 6.45) is 1.87. The standard InChI is InChI=1S/C10H16O3/c1-7-4-5-8(10(7,2)3)9(12)13-6-11/h6-8H,4-5H2,1-3H3. The van der Waals surface area contributed by atoms with Gasteiger partial charge in [0.1, 0.15) is 0 Å². The van der Waals surface area contributed by atoms with Gasteiger partial charge in [0, 0.05) is 0 Å². The molecule has 3 nitrogen and oxygen atoms in total. The van der Waals surface area contributed by atoms with Gasteiger partial charge in [-0.1, -0.05) is 20.8 Å². The van der Waals surface area contributed by atoms with E-state index in [9.17, 15) is 9.59 Å². The van der Waals surface area contributed by atoms with Crippen LogP contribution in [0.1, 0.15) is 33.6 Å². The smallest absolute Gasteiger partial charge is 0.316 e. The fourth-order valence-corrected chi connectivity index (χ4v) is 2.06. The summed E-state index contributed by atoms with van der Waals surface area (Å²) in [4.78, 5) is 21.4. The molecular weight excluding hydrogens is 168 g/mol. The number of carbonyl (C=O) groups excluding carboxylic acids is 2. The second-order valence-corrected chi connectivity index (χ2v) is 4.39. The molecule has 13 heavy (non-hydrogen) atoms. The Morgan fingerprint density at radius 2 is 2.08 bits per heavy atom. The number of rotatable bonds is 2. The Kier molecular flexibility index (Phi) is 2.74. The summed E-state index contributed by atoms with van der Waals surface area (Å²) < 4.78 is 4.39. The third-order valence-corrected chi connectivity index (χ3v) is 3.51. The fourth-order valence-electron chi connectivity index (χ4n) is 2.06. The van der Waals surface area contributed by atoms with E-state index in [1.165, 1.54) is 0 Å². The predicted octanol–water partition coefficient (Wildman–Crippen LogP) is 1.76. The fraction of sp³-hybridized carbons (Fsp3) is 0.800. The molecule has 0 radical (unpaired) electrons. The minimum Gasteiger partial charge on any atom is -0.395 e. The van der Waals surface area contributed by atoms with Gasteiger partial charge >= 0.3 is 12.4 Å². The Labute approximate surface area is 78.5 Å². The van der Waals surface area contributed by atoms with E-state index in [0.29, 0.717) is 5.92 Å². The highest BCUT2D eigenvalue weighted by atomic mass is 16.6. The Balaban J connectivity index is 2.71. The highest BCUT2D eigenvalue weighted by molar-refractivity contribution is 5.79. The summed E-state index contributed by atoms with van der Waals surface area (Å²) >= 11 is 0. The molecule has 1 fully saturated rings. The molecule has 1 aliphatic carbocycles. The number of hydrogen-bond donors (Lipinski definition) is 0. The van der Waals surface area contributed by atoms with Gasteiger partial charge in [0.25, 0.3) is 0 Å². The molecule has 0 heterocycles. The first-order chi connectivity index (χ1) is 6.00. The monoisotopic (exact) mass is 184 g/mol. The zero-order valence-electron chi connectivity index (χ0n) is 8.37. The van der Waals surface area contributed by atoms with Crippen molar-refractivity contribution in [2.75, 3.05) is 0 Å². The molecule has 2 atom stereocenters. The Morgan fingerprint density at radius 1 is 1.46 bits per heavy atom. The summed E-state index contributed by atoms with van der Waals surface area (Å²) in [7, 11) is 0. The maximum absolute atomic E-state index is 11.4. The summed E-state index contributed by atoms with van der Waals surface area (Å²) in [5.74, 6) is 0.0220. The lowest BCUT2D eigenvalue weighted by atomic mass is 9.76. The van der Waals surface area contributed by atoms with Crippen molar-refractivity contribution in [2.45, 2.75) is 33.6 Å². The molecule has 0 aromatic rings. The molecule has 3 heteroatoms. The van der Waals surface area contributed by atoms with Crippen LogP contribution in [0, 0.1) is 17.3 Å².